The van der Waals surface area contributed by atoms with Crippen LogP contribution in [0.3, 0.4) is 0 Å². The van der Waals surface area contributed by atoms with E-state index < -0.39 is 12.0 Å². The normalized spacial score (nSPS) is 15.8. The molecule has 0 bridgehead atoms. The van der Waals surface area contributed by atoms with Crippen LogP contribution in [0.15, 0.2) is 36.8 Å². The van der Waals surface area contributed by atoms with Crippen molar-refractivity contribution in [1.29, 1.82) is 0 Å². The Labute approximate surface area is 115 Å². The second kappa shape index (κ2) is 4.96. The second-order valence-corrected chi connectivity index (χ2v) is 4.88. The first kappa shape index (κ1) is 12.7. The van der Waals surface area contributed by atoms with Crippen LogP contribution in [0.2, 0.25) is 0 Å². The molecule has 1 aliphatic rings. The Balaban J connectivity index is 1.87. The summed E-state index contributed by atoms with van der Waals surface area (Å²) in [5, 5.41) is 12.3. The van der Waals surface area contributed by atoms with Gasteiger partial charge >= 0.3 is 5.97 Å². The SMILES string of the molecule is O=C(O)C(Nc1ccc(F)cc1)c1cncn1C1CC1. The van der Waals surface area contributed by atoms with Gasteiger partial charge in [0.05, 0.1) is 18.2 Å². The molecular formula is C14H14FN3O2. The van der Waals surface area contributed by atoms with Crippen molar-refractivity contribution in [3.8, 4) is 0 Å². The van der Waals surface area contributed by atoms with Crippen molar-refractivity contribution in [2.24, 2.45) is 0 Å². The van der Waals surface area contributed by atoms with Gasteiger partial charge in [-0.2, -0.15) is 0 Å². The third-order valence-electron chi connectivity index (χ3n) is 3.33. The number of carboxylic acid groups (broad SMARTS) is 1. The van der Waals surface area contributed by atoms with Gasteiger partial charge in [0.2, 0.25) is 0 Å². The van der Waals surface area contributed by atoms with Gasteiger partial charge in [-0.05, 0) is 37.1 Å². The van der Waals surface area contributed by atoms with E-state index in [1.54, 1.807) is 12.5 Å². The number of benzene rings is 1. The third-order valence-corrected chi connectivity index (χ3v) is 3.33. The van der Waals surface area contributed by atoms with Crippen molar-refractivity contribution in [2.75, 3.05) is 5.32 Å². The largest absolute Gasteiger partial charge is 0.479 e. The van der Waals surface area contributed by atoms with Crippen molar-refractivity contribution in [2.45, 2.75) is 24.9 Å². The molecule has 1 unspecified atom stereocenters. The highest BCUT2D eigenvalue weighted by Crippen LogP contribution is 2.37. The molecule has 0 radical (unpaired) electrons. The van der Waals surface area contributed by atoms with Gasteiger partial charge in [0.15, 0.2) is 6.04 Å². The summed E-state index contributed by atoms with van der Waals surface area (Å²) in [5.74, 6) is -1.35. The molecule has 1 fully saturated rings. The second-order valence-electron chi connectivity index (χ2n) is 4.88. The van der Waals surface area contributed by atoms with Crippen LogP contribution in [0.4, 0.5) is 10.1 Å². The van der Waals surface area contributed by atoms with E-state index in [-0.39, 0.29) is 5.82 Å². The van der Waals surface area contributed by atoms with Gasteiger partial charge in [-0.3, -0.25) is 0 Å². The summed E-state index contributed by atoms with van der Waals surface area (Å²) in [6, 6.07) is 5.07. The van der Waals surface area contributed by atoms with Crippen LogP contribution in [0, 0.1) is 5.82 Å². The summed E-state index contributed by atoms with van der Waals surface area (Å²) in [6.45, 7) is 0. The van der Waals surface area contributed by atoms with E-state index >= 15 is 0 Å². The lowest BCUT2D eigenvalue weighted by molar-refractivity contribution is -0.138. The van der Waals surface area contributed by atoms with E-state index in [4.69, 9.17) is 0 Å². The molecule has 104 valence electrons. The number of carboxylic acids is 1. The van der Waals surface area contributed by atoms with Crippen LogP contribution in [0.5, 0.6) is 0 Å². The van der Waals surface area contributed by atoms with Crippen molar-refractivity contribution >= 4 is 11.7 Å². The van der Waals surface area contributed by atoms with Crippen molar-refractivity contribution < 1.29 is 14.3 Å². The smallest absolute Gasteiger partial charge is 0.332 e. The number of rotatable bonds is 5. The molecule has 1 aromatic carbocycles. The van der Waals surface area contributed by atoms with Crippen LogP contribution in [0.1, 0.15) is 30.6 Å². The van der Waals surface area contributed by atoms with Crippen LogP contribution in [-0.4, -0.2) is 20.6 Å². The average Bonchev–Trinajstić information content (AvgIpc) is 3.16. The van der Waals surface area contributed by atoms with Gasteiger partial charge in [-0.15, -0.1) is 0 Å². The number of aromatic nitrogens is 2. The Kier molecular flexibility index (Phi) is 3.14. The minimum atomic E-state index is -0.989. The topological polar surface area (TPSA) is 67.2 Å². The quantitative estimate of drug-likeness (QED) is 0.880. The summed E-state index contributed by atoms with van der Waals surface area (Å²) in [7, 11) is 0. The molecule has 6 heteroatoms. The van der Waals surface area contributed by atoms with E-state index in [1.165, 1.54) is 24.3 Å². The molecule has 2 N–H and O–H groups in total. The first-order valence-electron chi connectivity index (χ1n) is 6.42. The van der Waals surface area contributed by atoms with Gasteiger partial charge in [-0.1, -0.05) is 0 Å². The maximum absolute atomic E-state index is 12.9. The number of halogens is 1. The minimum absolute atomic E-state index is 0.351. The zero-order valence-corrected chi connectivity index (χ0v) is 10.7. The van der Waals surface area contributed by atoms with Crippen molar-refractivity contribution in [3.63, 3.8) is 0 Å². The highest BCUT2D eigenvalue weighted by atomic mass is 19.1. The highest BCUT2D eigenvalue weighted by Gasteiger charge is 2.30. The lowest BCUT2D eigenvalue weighted by atomic mass is 10.2. The number of carbonyl (C=O) groups is 1. The molecule has 0 spiro atoms. The molecule has 20 heavy (non-hydrogen) atoms. The Bertz CT molecular complexity index is 620. The van der Waals surface area contributed by atoms with Gasteiger partial charge in [-0.25, -0.2) is 14.2 Å². The summed E-state index contributed by atoms with van der Waals surface area (Å²) < 4.78 is 14.8. The van der Waals surface area contributed by atoms with Crippen molar-refractivity contribution in [1.82, 2.24) is 9.55 Å². The summed E-state index contributed by atoms with van der Waals surface area (Å²) in [4.78, 5) is 15.5. The zero-order chi connectivity index (χ0) is 14.1. The van der Waals surface area contributed by atoms with Crippen molar-refractivity contribution in [3.05, 3.63) is 48.3 Å². The van der Waals surface area contributed by atoms with E-state index in [2.05, 4.69) is 10.3 Å². The monoisotopic (exact) mass is 275 g/mol. The highest BCUT2D eigenvalue weighted by molar-refractivity contribution is 5.78. The number of nitrogens with one attached hydrogen (secondary N) is 1. The molecule has 0 saturated heterocycles. The Morgan fingerprint density at radius 2 is 2.10 bits per heavy atom. The van der Waals surface area contributed by atoms with Gasteiger partial charge in [0.25, 0.3) is 0 Å². The fraction of sp³-hybridized carbons (Fsp3) is 0.286. The van der Waals surface area contributed by atoms with E-state index in [9.17, 15) is 14.3 Å². The molecule has 1 heterocycles. The van der Waals surface area contributed by atoms with Gasteiger partial charge < -0.3 is 15.0 Å². The van der Waals surface area contributed by atoms with E-state index in [0.29, 0.717) is 17.4 Å². The summed E-state index contributed by atoms with van der Waals surface area (Å²) >= 11 is 0. The molecule has 1 aromatic heterocycles. The first-order chi connectivity index (χ1) is 9.65. The summed E-state index contributed by atoms with van der Waals surface area (Å²) in [6.07, 6.45) is 5.32. The van der Waals surface area contributed by atoms with E-state index in [0.717, 1.165) is 12.8 Å². The molecule has 1 atom stereocenters. The van der Waals surface area contributed by atoms with Crippen LogP contribution in [-0.2, 0) is 4.79 Å². The molecule has 2 aromatic rings. The predicted octanol–water partition coefficient (Wildman–Crippen LogP) is 2.59. The fourth-order valence-corrected chi connectivity index (χ4v) is 2.17. The lowest BCUT2D eigenvalue weighted by Gasteiger charge is -2.17. The Morgan fingerprint density at radius 3 is 2.70 bits per heavy atom. The number of imidazole rings is 1. The van der Waals surface area contributed by atoms with Gasteiger partial charge in [0, 0.05) is 11.7 Å². The lowest BCUT2D eigenvalue weighted by Crippen LogP contribution is -2.23. The summed E-state index contributed by atoms with van der Waals surface area (Å²) in [5.41, 5.74) is 1.17. The number of anilines is 1. The minimum Gasteiger partial charge on any atom is -0.479 e. The average molecular weight is 275 g/mol. The van der Waals surface area contributed by atoms with Gasteiger partial charge in [0.1, 0.15) is 5.82 Å². The number of aliphatic carboxylic acids is 1. The molecule has 1 saturated carbocycles. The molecule has 0 aliphatic heterocycles. The number of hydrogen-bond acceptors (Lipinski definition) is 3. The molecular weight excluding hydrogens is 261 g/mol. The standard InChI is InChI=1S/C14H14FN3O2/c15-9-1-3-10(4-2-9)17-13(14(19)20)12-7-16-8-18(12)11-5-6-11/h1-4,7-8,11,13,17H,5-6H2,(H,19,20). The third kappa shape index (κ3) is 2.49. The molecule has 0 amide bonds. The zero-order valence-electron chi connectivity index (χ0n) is 10.7. The Hall–Kier alpha value is -2.37. The molecule has 5 nitrogen and oxygen atoms in total. The van der Waals surface area contributed by atoms with Crippen LogP contribution >= 0.6 is 0 Å². The van der Waals surface area contributed by atoms with Crippen LogP contribution in [0.25, 0.3) is 0 Å². The Morgan fingerprint density at radius 1 is 1.40 bits per heavy atom. The van der Waals surface area contributed by atoms with E-state index in [1.807, 2.05) is 4.57 Å². The molecule has 1 aliphatic carbocycles. The number of nitrogens with zero attached hydrogens (tertiary/aromatic N) is 2. The molecule has 3 rings (SSSR count). The predicted molar refractivity (Wildman–Crippen MR) is 70.9 cm³/mol. The number of hydrogen-bond donors (Lipinski definition) is 2. The fourth-order valence-electron chi connectivity index (χ4n) is 2.17. The van der Waals surface area contributed by atoms with Crippen LogP contribution < -0.4 is 5.32 Å². The maximum atomic E-state index is 12.9. The first-order valence-corrected chi connectivity index (χ1v) is 6.42. The maximum Gasteiger partial charge on any atom is 0.332 e.